The first-order valence-corrected chi connectivity index (χ1v) is 7.96. The van der Waals surface area contributed by atoms with Crippen LogP contribution in [-0.4, -0.2) is 18.1 Å². The molecule has 1 aromatic carbocycles. The first kappa shape index (κ1) is 17.3. The zero-order valence-corrected chi connectivity index (χ0v) is 14.5. The second-order valence-electron chi connectivity index (χ2n) is 6.42. The van der Waals surface area contributed by atoms with Crippen LogP contribution in [0.25, 0.3) is 0 Å². The second-order valence-corrected chi connectivity index (χ2v) is 6.83. The average Bonchev–Trinajstić information content (AvgIpc) is 2.37. The van der Waals surface area contributed by atoms with Gasteiger partial charge in [0.25, 0.3) is 0 Å². The smallest absolute Gasteiger partial charge is 0.0471 e. The third kappa shape index (κ3) is 4.99. The zero-order chi connectivity index (χ0) is 15.3. The van der Waals surface area contributed by atoms with Crippen LogP contribution in [-0.2, 0) is 6.54 Å². The summed E-state index contributed by atoms with van der Waals surface area (Å²) in [6.07, 6.45) is 1.14. The molecule has 0 amide bonds. The Hall–Kier alpha value is -0.730. The lowest BCUT2D eigenvalue weighted by molar-refractivity contribution is 0.424. The fourth-order valence-electron chi connectivity index (χ4n) is 2.19. The van der Waals surface area contributed by atoms with E-state index in [4.69, 9.17) is 11.6 Å². The molecule has 0 bridgehead atoms. The fraction of sp³-hybridized carbons (Fsp3) is 0.647. The summed E-state index contributed by atoms with van der Waals surface area (Å²) in [6, 6.07) is 6.95. The largest absolute Gasteiger partial charge is 0.369 e. The Labute approximate surface area is 129 Å². The van der Waals surface area contributed by atoms with Crippen molar-refractivity contribution in [3.8, 4) is 0 Å². The van der Waals surface area contributed by atoms with Crippen molar-refractivity contribution >= 4 is 17.3 Å². The molecule has 2 nitrogen and oxygen atoms in total. The Morgan fingerprint density at radius 2 is 1.90 bits per heavy atom. The van der Waals surface area contributed by atoms with E-state index in [0.717, 1.165) is 30.1 Å². The van der Waals surface area contributed by atoms with E-state index in [0.29, 0.717) is 6.04 Å². The van der Waals surface area contributed by atoms with E-state index in [1.807, 2.05) is 0 Å². The molecular weight excluding hydrogens is 268 g/mol. The zero-order valence-electron chi connectivity index (χ0n) is 13.8. The minimum absolute atomic E-state index is 0.105. The van der Waals surface area contributed by atoms with Crippen molar-refractivity contribution in [2.24, 2.45) is 0 Å². The number of rotatable bonds is 6. The Balaban J connectivity index is 2.86. The number of benzene rings is 1. The molecule has 0 heterocycles. The minimum Gasteiger partial charge on any atom is -0.369 e. The van der Waals surface area contributed by atoms with Gasteiger partial charge in [0.05, 0.1) is 0 Å². The van der Waals surface area contributed by atoms with Gasteiger partial charge >= 0.3 is 0 Å². The van der Waals surface area contributed by atoms with E-state index in [2.05, 4.69) is 70.0 Å². The molecule has 0 saturated heterocycles. The van der Waals surface area contributed by atoms with E-state index >= 15 is 0 Å². The summed E-state index contributed by atoms with van der Waals surface area (Å²) in [4.78, 5) is 2.40. The van der Waals surface area contributed by atoms with Crippen molar-refractivity contribution in [3.63, 3.8) is 0 Å². The molecule has 0 spiro atoms. The van der Waals surface area contributed by atoms with Crippen molar-refractivity contribution in [2.45, 2.75) is 66.1 Å². The topological polar surface area (TPSA) is 15.3 Å². The highest BCUT2D eigenvalue weighted by molar-refractivity contribution is 6.31. The van der Waals surface area contributed by atoms with Crippen LogP contribution in [0.5, 0.6) is 0 Å². The number of nitrogens with one attached hydrogen (secondary N) is 1. The van der Waals surface area contributed by atoms with Crippen molar-refractivity contribution in [1.82, 2.24) is 5.32 Å². The summed E-state index contributed by atoms with van der Waals surface area (Å²) in [7, 11) is 0. The maximum atomic E-state index is 6.44. The molecule has 0 aromatic heterocycles. The van der Waals surface area contributed by atoms with Crippen molar-refractivity contribution in [3.05, 3.63) is 28.8 Å². The molecule has 114 valence electrons. The van der Waals surface area contributed by atoms with Crippen LogP contribution in [0.2, 0.25) is 5.02 Å². The third-order valence-electron chi connectivity index (χ3n) is 3.64. The normalized spacial score (nSPS) is 13.3. The van der Waals surface area contributed by atoms with Gasteiger partial charge in [-0.05, 0) is 58.7 Å². The number of hydrogen-bond donors (Lipinski definition) is 1. The van der Waals surface area contributed by atoms with Gasteiger partial charge < -0.3 is 10.2 Å². The van der Waals surface area contributed by atoms with Gasteiger partial charge in [-0.3, -0.25) is 0 Å². The lowest BCUT2D eigenvalue weighted by Gasteiger charge is -2.30. The van der Waals surface area contributed by atoms with Crippen molar-refractivity contribution in [1.29, 1.82) is 0 Å². The third-order valence-corrected chi connectivity index (χ3v) is 3.99. The molecule has 1 unspecified atom stereocenters. The molecule has 0 saturated carbocycles. The minimum atomic E-state index is 0.105. The molecule has 0 aliphatic carbocycles. The lowest BCUT2D eigenvalue weighted by Crippen LogP contribution is -2.35. The van der Waals surface area contributed by atoms with Crippen LogP contribution in [0.1, 0.15) is 53.5 Å². The highest BCUT2D eigenvalue weighted by atomic mass is 35.5. The van der Waals surface area contributed by atoms with Crippen LogP contribution in [0, 0.1) is 0 Å². The van der Waals surface area contributed by atoms with E-state index in [9.17, 15) is 0 Å². The second kappa shape index (κ2) is 7.33. The number of anilines is 1. The van der Waals surface area contributed by atoms with Gasteiger partial charge in [-0.1, -0.05) is 24.6 Å². The number of halogens is 1. The quantitative estimate of drug-likeness (QED) is 0.807. The number of nitrogens with zero attached hydrogens (tertiary/aromatic N) is 1. The SMILES string of the molecule is CCC(C)N(CC)c1ccc(CNC(C)(C)C)c(Cl)c1. The van der Waals surface area contributed by atoms with Crippen LogP contribution < -0.4 is 10.2 Å². The lowest BCUT2D eigenvalue weighted by atomic mass is 10.1. The maximum Gasteiger partial charge on any atom is 0.0471 e. The van der Waals surface area contributed by atoms with Gasteiger partial charge in [0.2, 0.25) is 0 Å². The van der Waals surface area contributed by atoms with Gasteiger partial charge in [0, 0.05) is 35.4 Å². The predicted octanol–water partition coefficient (Wildman–Crippen LogP) is 4.85. The molecule has 0 fully saturated rings. The fourth-order valence-corrected chi connectivity index (χ4v) is 2.43. The summed E-state index contributed by atoms with van der Waals surface area (Å²) in [5.74, 6) is 0. The van der Waals surface area contributed by atoms with Crippen LogP contribution >= 0.6 is 11.6 Å². The molecule has 20 heavy (non-hydrogen) atoms. The van der Waals surface area contributed by atoms with Gasteiger partial charge in [0.1, 0.15) is 0 Å². The Morgan fingerprint density at radius 3 is 2.35 bits per heavy atom. The van der Waals surface area contributed by atoms with Gasteiger partial charge in [-0.15, -0.1) is 0 Å². The van der Waals surface area contributed by atoms with E-state index in [1.165, 1.54) is 5.69 Å². The molecule has 0 radical (unpaired) electrons. The summed E-state index contributed by atoms with van der Waals surface area (Å²) in [6.45, 7) is 15.0. The van der Waals surface area contributed by atoms with Crippen molar-refractivity contribution in [2.75, 3.05) is 11.4 Å². The maximum absolute atomic E-state index is 6.44. The highest BCUT2D eigenvalue weighted by Crippen LogP contribution is 2.26. The predicted molar refractivity (Wildman–Crippen MR) is 90.8 cm³/mol. The molecule has 1 N–H and O–H groups in total. The van der Waals surface area contributed by atoms with Crippen LogP contribution in [0.15, 0.2) is 18.2 Å². The number of hydrogen-bond acceptors (Lipinski definition) is 2. The summed E-state index contributed by atoms with van der Waals surface area (Å²) < 4.78 is 0. The molecule has 0 aliphatic rings. The molecule has 1 atom stereocenters. The van der Waals surface area contributed by atoms with E-state index in [-0.39, 0.29) is 5.54 Å². The van der Waals surface area contributed by atoms with Gasteiger partial charge in [-0.2, -0.15) is 0 Å². The molecule has 0 aliphatic heterocycles. The van der Waals surface area contributed by atoms with Crippen LogP contribution in [0.3, 0.4) is 0 Å². The van der Waals surface area contributed by atoms with E-state index < -0.39 is 0 Å². The van der Waals surface area contributed by atoms with Crippen LogP contribution in [0.4, 0.5) is 5.69 Å². The van der Waals surface area contributed by atoms with Crippen molar-refractivity contribution < 1.29 is 0 Å². The summed E-state index contributed by atoms with van der Waals surface area (Å²) in [5.41, 5.74) is 2.48. The monoisotopic (exact) mass is 296 g/mol. The highest BCUT2D eigenvalue weighted by Gasteiger charge is 2.14. The average molecular weight is 297 g/mol. The van der Waals surface area contributed by atoms with Gasteiger partial charge in [0.15, 0.2) is 0 Å². The molecule has 1 rings (SSSR count). The standard InChI is InChI=1S/C17H29ClN2/c1-7-13(3)20(8-2)15-10-9-14(16(18)11-15)12-19-17(4,5)6/h9-11,13,19H,7-8,12H2,1-6H3. The van der Waals surface area contributed by atoms with Gasteiger partial charge in [-0.25, -0.2) is 0 Å². The Morgan fingerprint density at radius 1 is 1.25 bits per heavy atom. The summed E-state index contributed by atoms with van der Waals surface area (Å²) in [5, 5.41) is 4.33. The first-order valence-electron chi connectivity index (χ1n) is 7.58. The Bertz CT molecular complexity index is 423. The molecule has 1 aromatic rings. The van der Waals surface area contributed by atoms with E-state index in [1.54, 1.807) is 0 Å². The first-order chi connectivity index (χ1) is 9.28. The molecule has 3 heteroatoms. The molecular formula is C17H29ClN2. The Kier molecular flexibility index (Phi) is 6.35. The summed E-state index contributed by atoms with van der Waals surface area (Å²) >= 11 is 6.44.